The van der Waals surface area contributed by atoms with Crippen LogP contribution in [-0.2, 0) is 4.74 Å². The molecule has 0 aromatic carbocycles. The Kier molecular flexibility index (Phi) is 2.05. The average molecular weight is 132 g/mol. The number of hydrogen-bond donors (Lipinski definition) is 2. The Labute approximate surface area is 54.3 Å². The molecule has 1 rings (SSSR count). The lowest BCUT2D eigenvalue weighted by molar-refractivity contribution is -0.0371. The smallest absolute Gasteiger partial charge is 0.109 e. The van der Waals surface area contributed by atoms with Crippen LogP contribution in [0, 0.1) is 0 Å². The fraction of sp³-hybridized carbons (Fsp3) is 1.00. The number of hydrogen-bond acceptors (Lipinski definition) is 3. The van der Waals surface area contributed by atoms with E-state index in [1.807, 2.05) is 0 Å². The average Bonchev–Trinajstić information content (AvgIpc) is 2.13. The summed E-state index contributed by atoms with van der Waals surface area (Å²) >= 11 is 0. The van der Waals surface area contributed by atoms with E-state index in [-0.39, 0.29) is 6.10 Å². The third kappa shape index (κ3) is 1.41. The van der Waals surface area contributed by atoms with Crippen LogP contribution in [0.1, 0.15) is 13.3 Å². The Bertz CT molecular complexity index is 92.3. The topological polar surface area (TPSA) is 49.7 Å². The lowest BCUT2D eigenvalue weighted by Crippen LogP contribution is -2.31. The zero-order valence-corrected chi connectivity index (χ0v) is 5.45. The van der Waals surface area contributed by atoms with Gasteiger partial charge in [0.15, 0.2) is 0 Å². The van der Waals surface area contributed by atoms with Gasteiger partial charge in [-0.05, 0) is 13.3 Å². The molecule has 2 N–H and O–H groups in total. The van der Waals surface area contributed by atoms with Gasteiger partial charge in [-0.3, -0.25) is 0 Å². The Morgan fingerprint density at radius 2 is 2.33 bits per heavy atom. The monoisotopic (exact) mass is 132 g/mol. The first-order valence-electron chi connectivity index (χ1n) is 3.19. The van der Waals surface area contributed by atoms with Gasteiger partial charge >= 0.3 is 0 Å². The molecule has 0 unspecified atom stereocenters. The van der Waals surface area contributed by atoms with E-state index in [0.29, 0.717) is 13.0 Å². The third-order valence-corrected chi connectivity index (χ3v) is 1.58. The van der Waals surface area contributed by atoms with Crippen LogP contribution in [-0.4, -0.2) is 35.1 Å². The van der Waals surface area contributed by atoms with Crippen LogP contribution in [0.2, 0.25) is 0 Å². The first-order chi connectivity index (χ1) is 4.22. The maximum atomic E-state index is 9.07. The van der Waals surface area contributed by atoms with Crippen molar-refractivity contribution in [3.05, 3.63) is 0 Å². The zero-order chi connectivity index (χ0) is 6.85. The van der Waals surface area contributed by atoms with Gasteiger partial charge in [0.2, 0.25) is 0 Å². The molecule has 54 valence electrons. The van der Waals surface area contributed by atoms with E-state index in [0.717, 1.165) is 0 Å². The number of aliphatic hydroxyl groups is 2. The predicted octanol–water partition coefficient (Wildman–Crippen LogP) is -0.483. The molecule has 3 nitrogen and oxygen atoms in total. The van der Waals surface area contributed by atoms with Crippen molar-refractivity contribution in [1.82, 2.24) is 0 Å². The van der Waals surface area contributed by atoms with Crippen LogP contribution in [0.25, 0.3) is 0 Å². The van der Waals surface area contributed by atoms with Crippen LogP contribution < -0.4 is 0 Å². The van der Waals surface area contributed by atoms with E-state index in [9.17, 15) is 0 Å². The SMILES string of the molecule is C[C@@H](O)[C@H]1OCC[C@H]1O. The molecule has 0 aliphatic carbocycles. The first-order valence-corrected chi connectivity index (χ1v) is 3.19. The second kappa shape index (κ2) is 2.64. The van der Waals surface area contributed by atoms with Crippen molar-refractivity contribution in [1.29, 1.82) is 0 Å². The van der Waals surface area contributed by atoms with Gasteiger partial charge in [-0.25, -0.2) is 0 Å². The van der Waals surface area contributed by atoms with Crippen molar-refractivity contribution in [2.24, 2.45) is 0 Å². The van der Waals surface area contributed by atoms with Crippen LogP contribution in [0.15, 0.2) is 0 Å². The van der Waals surface area contributed by atoms with Crippen molar-refractivity contribution < 1.29 is 14.9 Å². The molecule has 3 heteroatoms. The number of rotatable bonds is 1. The van der Waals surface area contributed by atoms with E-state index in [1.54, 1.807) is 6.92 Å². The quantitative estimate of drug-likeness (QED) is 0.506. The lowest BCUT2D eigenvalue weighted by atomic mass is 10.1. The minimum Gasteiger partial charge on any atom is -0.391 e. The fourth-order valence-electron chi connectivity index (χ4n) is 1.06. The summed E-state index contributed by atoms with van der Waals surface area (Å²) in [5.74, 6) is 0. The summed E-state index contributed by atoms with van der Waals surface area (Å²) in [4.78, 5) is 0. The highest BCUT2D eigenvalue weighted by molar-refractivity contribution is 4.78. The summed E-state index contributed by atoms with van der Waals surface area (Å²) in [6.45, 7) is 2.19. The second-order valence-corrected chi connectivity index (χ2v) is 2.43. The highest BCUT2D eigenvalue weighted by Gasteiger charge is 2.29. The summed E-state index contributed by atoms with van der Waals surface area (Å²) in [5, 5.41) is 18.0. The van der Waals surface area contributed by atoms with Gasteiger partial charge < -0.3 is 14.9 Å². The van der Waals surface area contributed by atoms with Gasteiger partial charge in [0, 0.05) is 6.61 Å². The summed E-state index contributed by atoms with van der Waals surface area (Å²) in [6.07, 6.45) is -0.729. The van der Waals surface area contributed by atoms with Crippen LogP contribution in [0.4, 0.5) is 0 Å². The van der Waals surface area contributed by atoms with E-state index in [1.165, 1.54) is 0 Å². The van der Waals surface area contributed by atoms with Crippen molar-refractivity contribution in [3.8, 4) is 0 Å². The molecule has 0 aromatic rings. The Morgan fingerprint density at radius 1 is 1.67 bits per heavy atom. The zero-order valence-electron chi connectivity index (χ0n) is 5.45. The normalized spacial score (nSPS) is 39.0. The van der Waals surface area contributed by atoms with E-state index < -0.39 is 12.2 Å². The molecule has 1 fully saturated rings. The molecular formula is C6H12O3. The summed E-state index contributed by atoms with van der Waals surface area (Å²) in [6, 6.07) is 0. The van der Waals surface area contributed by atoms with Gasteiger partial charge in [-0.2, -0.15) is 0 Å². The van der Waals surface area contributed by atoms with Crippen LogP contribution in [0.5, 0.6) is 0 Å². The van der Waals surface area contributed by atoms with Crippen molar-refractivity contribution in [2.45, 2.75) is 31.7 Å². The van der Waals surface area contributed by atoms with Gasteiger partial charge in [-0.15, -0.1) is 0 Å². The Balaban J connectivity index is 2.40. The maximum Gasteiger partial charge on any atom is 0.109 e. The number of aliphatic hydroxyl groups excluding tert-OH is 2. The molecule has 0 amide bonds. The fourth-order valence-corrected chi connectivity index (χ4v) is 1.06. The molecule has 0 radical (unpaired) electrons. The van der Waals surface area contributed by atoms with Crippen molar-refractivity contribution >= 4 is 0 Å². The highest BCUT2D eigenvalue weighted by atomic mass is 16.5. The molecule has 0 bridgehead atoms. The Morgan fingerprint density at radius 3 is 2.56 bits per heavy atom. The molecule has 9 heavy (non-hydrogen) atoms. The van der Waals surface area contributed by atoms with E-state index >= 15 is 0 Å². The minimum atomic E-state index is -0.553. The number of ether oxygens (including phenoxy) is 1. The molecule has 0 saturated carbocycles. The van der Waals surface area contributed by atoms with Crippen LogP contribution >= 0.6 is 0 Å². The molecule has 0 spiro atoms. The highest BCUT2D eigenvalue weighted by Crippen LogP contribution is 2.15. The van der Waals surface area contributed by atoms with Crippen molar-refractivity contribution in [3.63, 3.8) is 0 Å². The molecule has 0 aromatic heterocycles. The maximum absolute atomic E-state index is 9.07. The van der Waals surface area contributed by atoms with Gasteiger partial charge in [0.05, 0.1) is 12.2 Å². The van der Waals surface area contributed by atoms with E-state index in [2.05, 4.69) is 0 Å². The molecule has 1 aliphatic heterocycles. The molecular weight excluding hydrogens is 120 g/mol. The van der Waals surface area contributed by atoms with E-state index in [4.69, 9.17) is 14.9 Å². The molecule has 1 saturated heterocycles. The largest absolute Gasteiger partial charge is 0.391 e. The van der Waals surface area contributed by atoms with Gasteiger partial charge in [0.1, 0.15) is 6.10 Å². The first kappa shape index (κ1) is 6.99. The summed E-state index contributed by atoms with van der Waals surface area (Å²) in [7, 11) is 0. The van der Waals surface area contributed by atoms with Gasteiger partial charge in [-0.1, -0.05) is 0 Å². The standard InChI is InChI=1S/C6H12O3/c1-4(7)6-5(8)2-3-9-6/h4-8H,2-3H2,1H3/t4-,5-,6-/m1/s1. The summed E-state index contributed by atoms with van der Waals surface area (Å²) < 4.78 is 5.03. The molecule has 3 atom stereocenters. The van der Waals surface area contributed by atoms with Crippen LogP contribution in [0.3, 0.4) is 0 Å². The third-order valence-electron chi connectivity index (χ3n) is 1.58. The second-order valence-electron chi connectivity index (χ2n) is 2.43. The Hall–Kier alpha value is -0.120. The minimum absolute atomic E-state index is 0.356. The molecule has 1 aliphatic rings. The summed E-state index contributed by atoms with van der Waals surface area (Å²) in [5.41, 5.74) is 0. The lowest BCUT2D eigenvalue weighted by Gasteiger charge is -2.15. The van der Waals surface area contributed by atoms with Crippen molar-refractivity contribution in [2.75, 3.05) is 6.61 Å². The van der Waals surface area contributed by atoms with Gasteiger partial charge in [0.25, 0.3) is 0 Å². The molecule has 1 heterocycles. The predicted molar refractivity (Wildman–Crippen MR) is 32.0 cm³/mol.